The summed E-state index contributed by atoms with van der Waals surface area (Å²) < 4.78 is 14.2. The lowest BCUT2D eigenvalue weighted by Gasteiger charge is -2.01. The number of amides is 1. The molecule has 3 rings (SSSR count). The van der Waals surface area contributed by atoms with Gasteiger partial charge in [-0.25, -0.2) is 4.39 Å². The van der Waals surface area contributed by atoms with Crippen LogP contribution in [0.3, 0.4) is 0 Å². The molecule has 0 fully saturated rings. The van der Waals surface area contributed by atoms with E-state index >= 15 is 0 Å². The van der Waals surface area contributed by atoms with Crippen LogP contribution in [0.25, 0.3) is 10.8 Å². The van der Waals surface area contributed by atoms with Gasteiger partial charge in [-0.15, -0.1) is 0 Å². The van der Waals surface area contributed by atoms with E-state index in [0.29, 0.717) is 26.5 Å². The van der Waals surface area contributed by atoms with E-state index in [0.717, 1.165) is 0 Å². The van der Waals surface area contributed by atoms with Gasteiger partial charge in [0, 0.05) is 20.9 Å². The molecule has 0 bridgehead atoms. The molecule has 74 valence electrons. The van der Waals surface area contributed by atoms with Crippen molar-refractivity contribution in [1.29, 1.82) is 0 Å². The highest BCUT2D eigenvalue weighted by atomic mass is 79.9. The fourth-order valence-corrected chi connectivity index (χ4v) is 2.35. The molecule has 0 unspecified atom stereocenters. The van der Waals surface area contributed by atoms with E-state index in [2.05, 4.69) is 21.2 Å². The van der Waals surface area contributed by atoms with Gasteiger partial charge < -0.3 is 5.32 Å². The molecule has 1 aliphatic rings. The van der Waals surface area contributed by atoms with Gasteiger partial charge in [-0.3, -0.25) is 4.79 Å². The van der Waals surface area contributed by atoms with Gasteiger partial charge >= 0.3 is 0 Å². The Morgan fingerprint density at radius 2 is 2.07 bits per heavy atom. The maximum atomic E-state index is 13.5. The monoisotopic (exact) mass is 265 g/mol. The van der Waals surface area contributed by atoms with Gasteiger partial charge in [-0.1, -0.05) is 15.9 Å². The van der Waals surface area contributed by atoms with E-state index in [-0.39, 0.29) is 11.7 Å². The lowest BCUT2D eigenvalue weighted by atomic mass is 10.1. The number of nitrogens with one attached hydrogen (secondary N) is 1. The van der Waals surface area contributed by atoms with Crippen molar-refractivity contribution in [2.45, 2.75) is 0 Å². The predicted octanol–water partition coefficient (Wildman–Crippen LogP) is 3.31. The third-order valence-electron chi connectivity index (χ3n) is 2.52. The van der Waals surface area contributed by atoms with Crippen LogP contribution >= 0.6 is 15.9 Å². The van der Waals surface area contributed by atoms with E-state index in [4.69, 9.17) is 0 Å². The minimum absolute atomic E-state index is 0.179. The van der Waals surface area contributed by atoms with Crippen molar-refractivity contribution >= 4 is 38.3 Å². The quantitative estimate of drug-likeness (QED) is 0.778. The van der Waals surface area contributed by atoms with Crippen LogP contribution in [-0.2, 0) is 0 Å². The van der Waals surface area contributed by atoms with Crippen LogP contribution in [-0.4, -0.2) is 5.91 Å². The van der Waals surface area contributed by atoms with Crippen LogP contribution in [0.15, 0.2) is 28.7 Å². The molecule has 1 amide bonds. The third-order valence-corrected chi connectivity index (χ3v) is 2.98. The van der Waals surface area contributed by atoms with Gasteiger partial charge in [-0.2, -0.15) is 0 Å². The average molecular weight is 266 g/mol. The summed E-state index contributed by atoms with van der Waals surface area (Å²) in [5, 5.41) is 3.84. The minimum atomic E-state index is -0.312. The first-order valence-corrected chi connectivity index (χ1v) is 5.19. The molecular formula is C11H5BrFNO. The highest BCUT2D eigenvalue weighted by Gasteiger charge is 2.23. The number of hydrogen-bond donors (Lipinski definition) is 1. The Morgan fingerprint density at radius 3 is 2.87 bits per heavy atom. The summed E-state index contributed by atoms with van der Waals surface area (Å²) in [4.78, 5) is 11.6. The second-order valence-electron chi connectivity index (χ2n) is 3.42. The highest BCUT2D eigenvalue weighted by Crippen LogP contribution is 2.36. The normalized spacial score (nSPS) is 13.3. The predicted molar refractivity (Wildman–Crippen MR) is 59.6 cm³/mol. The van der Waals surface area contributed by atoms with E-state index in [1.54, 1.807) is 18.2 Å². The molecule has 0 saturated carbocycles. The van der Waals surface area contributed by atoms with Crippen LogP contribution in [0.1, 0.15) is 10.4 Å². The van der Waals surface area contributed by atoms with Gasteiger partial charge in [0.25, 0.3) is 5.91 Å². The van der Waals surface area contributed by atoms with Crippen LogP contribution in [0.4, 0.5) is 10.1 Å². The van der Waals surface area contributed by atoms with E-state index in [1.165, 1.54) is 6.07 Å². The van der Waals surface area contributed by atoms with Gasteiger partial charge in [-0.05, 0) is 24.3 Å². The molecule has 0 aliphatic carbocycles. The third kappa shape index (κ3) is 1.11. The Labute approximate surface area is 93.2 Å². The summed E-state index contributed by atoms with van der Waals surface area (Å²) >= 11 is 3.26. The summed E-state index contributed by atoms with van der Waals surface area (Å²) in [5.41, 5.74) is 1.20. The number of hydrogen-bond acceptors (Lipinski definition) is 1. The Bertz CT molecular complexity index is 609. The fourth-order valence-electron chi connectivity index (χ4n) is 1.89. The molecule has 0 spiro atoms. The van der Waals surface area contributed by atoms with Crippen LogP contribution < -0.4 is 5.32 Å². The number of benzene rings is 2. The zero-order valence-corrected chi connectivity index (χ0v) is 9.06. The number of rotatable bonds is 0. The number of carbonyl (C=O) groups excluding carboxylic acids is 1. The molecular weight excluding hydrogens is 261 g/mol. The smallest absolute Gasteiger partial charge is 0.256 e. The summed E-state index contributed by atoms with van der Waals surface area (Å²) in [6.45, 7) is 0. The molecule has 4 heteroatoms. The Morgan fingerprint density at radius 1 is 1.27 bits per heavy atom. The molecule has 0 radical (unpaired) electrons. The van der Waals surface area contributed by atoms with Gasteiger partial charge in [0.15, 0.2) is 0 Å². The van der Waals surface area contributed by atoms with Gasteiger partial charge in [0.05, 0.1) is 5.56 Å². The standard InChI is InChI=1S/C11H5BrFNO/c12-5-3-6-8(13)1-2-9-10(6)7(4-5)11(15)14-9/h1-4H,(H,14,15). The zero-order chi connectivity index (χ0) is 10.6. The Kier molecular flexibility index (Phi) is 1.65. The first-order valence-electron chi connectivity index (χ1n) is 4.40. The second kappa shape index (κ2) is 2.79. The van der Waals surface area contributed by atoms with Crippen molar-refractivity contribution in [3.05, 3.63) is 40.1 Å². The first-order chi connectivity index (χ1) is 7.16. The van der Waals surface area contributed by atoms with Gasteiger partial charge in [0.2, 0.25) is 0 Å². The van der Waals surface area contributed by atoms with Crippen molar-refractivity contribution in [3.8, 4) is 0 Å². The van der Waals surface area contributed by atoms with Crippen molar-refractivity contribution in [2.75, 3.05) is 5.32 Å². The number of carbonyl (C=O) groups is 1. The lowest BCUT2D eigenvalue weighted by Crippen LogP contribution is -2.03. The molecule has 0 aromatic heterocycles. The number of halogens is 2. The molecule has 1 N–H and O–H groups in total. The van der Waals surface area contributed by atoms with Crippen LogP contribution in [0, 0.1) is 5.82 Å². The van der Waals surface area contributed by atoms with E-state index < -0.39 is 0 Å². The van der Waals surface area contributed by atoms with Gasteiger partial charge in [0.1, 0.15) is 5.82 Å². The minimum Gasteiger partial charge on any atom is -0.321 e. The average Bonchev–Trinajstić information content (AvgIpc) is 2.51. The van der Waals surface area contributed by atoms with E-state index in [9.17, 15) is 9.18 Å². The maximum absolute atomic E-state index is 13.5. The van der Waals surface area contributed by atoms with Crippen LogP contribution in [0.2, 0.25) is 0 Å². The van der Waals surface area contributed by atoms with E-state index in [1.807, 2.05) is 0 Å². The SMILES string of the molecule is O=C1Nc2ccc(F)c3cc(Br)cc1c23. The van der Waals surface area contributed by atoms with Crippen molar-refractivity contribution in [1.82, 2.24) is 0 Å². The summed E-state index contributed by atoms with van der Waals surface area (Å²) in [6, 6.07) is 6.32. The van der Waals surface area contributed by atoms with Crippen molar-refractivity contribution in [2.24, 2.45) is 0 Å². The fraction of sp³-hybridized carbons (Fsp3) is 0. The zero-order valence-electron chi connectivity index (χ0n) is 7.47. The molecule has 0 atom stereocenters. The molecule has 0 saturated heterocycles. The maximum Gasteiger partial charge on any atom is 0.256 e. The highest BCUT2D eigenvalue weighted by molar-refractivity contribution is 9.10. The molecule has 2 nitrogen and oxygen atoms in total. The summed E-state index contributed by atoms with van der Waals surface area (Å²) in [7, 11) is 0. The first kappa shape index (κ1) is 8.85. The molecule has 1 aliphatic heterocycles. The Balaban J connectivity index is 2.58. The van der Waals surface area contributed by atoms with Crippen LogP contribution in [0.5, 0.6) is 0 Å². The second-order valence-corrected chi connectivity index (χ2v) is 4.34. The lowest BCUT2D eigenvalue weighted by molar-refractivity contribution is 0.103. The van der Waals surface area contributed by atoms with Crippen molar-refractivity contribution in [3.63, 3.8) is 0 Å². The topological polar surface area (TPSA) is 29.1 Å². The Hall–Kier alpha value is -1.42. The molecule has 1 heterocycles. The molecule has 15 heavy (non-hydrogen) atoms. The largest absolute Gasteiger partial charge is 0.321 e. The summed E-state index contributed by atoms with van der Waals surface area (Å²) in [6.07, 6.45) is 0. The molecule has 2 aromatic rings. The number of anilines is 1. The molecule has 2 aromatic carbocycles. The summed E-state index contributed by atoms with van der Waals surface area (Å²) in [5.74, 6) is -0.491. The van der Waals surface area contributed by atoms with Crippen molar-refractivity contribution < 1.29 is 9.18 Å².